The van der Waals surface area contributed by atoms with Crippen molar-refractivity contribution in [2.24, 2.45) is 0 Å². The Morgan fingerprint density at radius 3 is 2.72 bits per heavy atom. The molecule has 1 aromatic carbocycles. The zero-order valence-corrected chi connectivity index (χ0v) is 18.2. The Hall–Kier alpha value is -3.12. The lowest BCUT2D eigenvalue weighted by Gasteiger charge is -2.32. The molecule has 1 N–H and O–H groups in total. The Kier molecular flexibility index (Phi) is 7.56. The van der Waals surface area contributed by atoms with Crippen LogP contribution in [0.3, 0.4) is 0 Å². The van der Waals surface area contributed by atoms with E-state index in [2.05, 4.69) is 26.3 Å². The molecule has 6 heteroatoms. The predicted molar refractivity (Wildman–Crippen MR) is 123 cm³/mol. The van der Waals surface area contributed by atoms with Gasteiger partial charge in [-0.2, -0.15) is 0 Å². The van der Waals surface area contributed by atoms with Crippen molar-refractivity contribution in [2.75, 3.05) is 19.6 Å². The third kappa shape index (κ3) is 6.20. The molecule has 1 aliphatic heterocycles. The average Bonchev–Trinajstić information content (AvgIpc) is 2.84. The number of halogens is 1. The van der Waals surface area contributed by atoms with Crippen LogP contribution in [-0.4, -0.2) is 40.4 Å². The van der Waals surface area contributed by atoms with E-state index in [9.17, 15) is 9.18 Å². The van der Waals surface area contributed by atoms with Gasteiger partial charge in [0.2, 0.25) is 0 Å². The number of hydrogen-bond donors (Lipinski definition) is 1. The first-order chi connectivity index (χ1) is 15.7. The number of piperidine rings is 1. The van der Waals surface area contributed by atoms with E-state index in [0.29, 0.717) is 18.0 Å². The van der Waals surface area contributed by atoms with Crippen LogP contribution < -0.4 is 5.32 Å². The van der Waals surface area contributed by atoms with Gasteiger partial charge in [-0.1, -0.05) is 18.2 Å². The Morgan fingerprint density at radius 2 is 1.97 bits per heavy atom. The van der Waals surface area contributed by atoms with Crippen molar-refractivity contribution in [3.8, 4) is 0 Å². The number of amides is 1. The van der Waals surface area contributed by atoms with Gasteiger partial charge >= 0.3 is 0 Å². The lowest BCUT2D eigenvalue weighted by molar-refractivity contribution is 0.0952. The fraction of sp³-hybridized carbons (Fsp3) is 0.346. The molecule has 166 valence electrons. The summed E-state index contributed by atoms with van der Waals surface area (Å²) in [5.74, 6) is 0.0380. The summed E-state index contributed by atoms with van der Waals surface area (Å²) in [7, 11) is 0. The third-order valence-corrected chi connectivity index (χ3v) is 5.93. The second-order valence-corrected chi connectivity index (χ2v) is 8.35. The Balaban J connectivity index is 1.24. The monoisotopic (exact) mass is 432 g/mol. The number of rotatable bonds is 8. The molecular weight excluding hydrogens is 403 g/mol. The van der Waals surface area contributed by atoms with Crippen LogP contribution in [0.5, 0.6) is 0 Å². The van der Waals surface area contributed by atoms with Crippen molar-refractivity contribution >= 4 is 5.91 Å². The van der Waals surface area contributed by atoms with E-state index in [0.717, 1.165) is 62.3 Å². The molecule has 1 aliphatic rings. The van der Waals surface area contributed by atoms with E-state index < -0.39 is 0 Å². The molecule has 0 radical (unpaired) electrons. The molecule has 4 rings (SSSR count). The van der Waals surface area contributed by atoms with Crippen LogP contribution in [0.2, 0.25) is 0 Å². The second-order valence-electron chi connectivity index (χ2n) is 8.35. The summed E-state index contributed by atoms with van der Waals surface area (Å²) in [6, 6.07) is 16.4. The summed E-state index contributed by atoms with van der Waals surface area (Å²) >= 11 is 0. The molecule has 5 nitrogen and oxygen atoms in total. The van der Waals surface area contributed by atoms with Crippen LogP contribution in [-0.2, 0) is 13.0 Å². The van der Waals surface area contributed by atoms with Crippen molar-refractivity contribution in [1.29, 1.82) is 0 Å². The predicted octanol–water partition coefficient (Wildman–Crippen LogP) is 4.36. The number of nitrogens with zero attached hydrogens (tertiary/aromatic N) is 3. The van der Waals surface area contributed by atoms with E-state index in [-0.39, 0.29) is 11.7 Å². The average molecular weight is 433 g/mol. The van der Waals surface area contributed by atoms with Crippen molar-refractivity contribution in [1.82, 2.24) is 20.2 Å². The fourth-order valence-electron chi connectivity index (χ4n) is 4.19. The lowest BCUT2D eigenvalue weighted by atomic mass is 9.94. The minimum Gasteiger partial charge on any atom is -0.352 e. The van der Waals surface area contributed by atoms with Crippen LogP contribution in [0.25, 0.3) is 0 Å². The molecule has 3 aromatic rings. The molecule has 0 saturated carbocycles. The molecule has 0 bridgehead atoms. The van der Waals surface area contributed by atoms with E-state index >= 15 is 0 Å². The van der Waals surface area contributed by atoms with Gasteiger partial charge in [-0.25, -0.2) is 4.39 Å². The first kappa shape index (κ1) is 22.1. The Labute approximate surface area is 188 Å². The fourth-order valence-corrected chi connectivity index (χ4v) is 4.19. The van der Waals surface area contributed by atoms with E-state index in [1.54, 1.807) is 18.3 Å². The van der Waals surface area contributed by atoms with E-state index in [1.807, 2.05) is 30.5 Å². The molecule has 2 aromatic heterocycles. The molecule has 0 aliphatic carbocycles. The second kappa shape index (κ2) is 11.0. The van der Waals surface area contributed by atoms with Gasteiger partial charge in [-0.3, -0.25) is 19.7 Å². The lowest BCUT2D eigenvalue weighted by Crippen LogP contribution is -2.34. The van der Waals surface area contributed by atoms with Crippen LogP contribution in [0.4, 0.5) is 4.39 Å². The molecule has 1 amide bonds. The highest BCUT2D eigenvalue weighted by Gasteiger charge is 2.23. The number of aryl methyl sites for hydroxylation is 1. The van der Waals surface area contributed by atoms with Gasteiger partial charge in [0.1, 0.15) is 5.82 Å². The zero-order chi connectivity index (χ0) is 22.2. The maximum absolute atomic E-state index is 13.0. The quantitative estimate of drug-likeness (QED) is 0.538. The highest BCUT2D eigenvalue weighted by molar-refractivity contribution is 5.93. The topological polar surface area (TPSA) is 58.1 Å². The highest BCUT2D eigenvalue weighted by atomic mass is 19.1. The summed E-state index contributed by atoms with van der Waals surface area (Å²) in [4.78, 5) is 23.9. The molecule has 3 heterocycles. The molecule has 32 heavy (non-hydrogen) atoms. The molecule has 1 fully saturated rings. The van der Waals surface area contributed by atoms with Gasteiger partial charge in [0, 0.05) is 43.6 Å². The van der Waals surface area contributed by atoms with Gasteiger partial charge in [0.05, 0.1) is 11.3 Å². The minimum absolute atomic E-state index is 0.108. The third-order valence-electron chi connectivity index (χ3n) is 5.93. The number of carbonyl (C=O) groups excluding carboxylic acids is 1. The summed E-state index contributed by atoms with van der Waals surface area (Å²) < 4.78 is 13.0. The molecule has 1 atom stereocenters. The van der Waals surface area contributed by atoms with Gasteiger partial charge in [0.25, 0.3) is 5.91 Å². The van der Waals surface area contributed by atoms with Crippen molar-refractivity contribution in [3.05, 3.63) is 95.3 Å². The van der Waals surface area contributed by atoms with Crippen molar-refractivity contribution < 1.29 is 9.18 Å². The SMILES string of the molecule is O=C(NCCCc1ccc(F)cc1)c1ccc([C@H]2CCCN(Cc3ccccn3)C2)nc1. The van der Waals surface area contributed by atoms with Crippen molar-refractivity contribution in [3.63, 3.8) is 0 Å². The standard InChI is InChI=1S/C26H29FN4O/c27-23-11-8-20(9-12-23)5-3-15-29-26(32)21-10-13-25(30-17-21)22-6-4-16-31(18-22)19-24-7-1-2-14-28-24/h1-2,7-14,17,22H,3-6,15-16,18-19H2,(H,29,32)/t22-/m0/s1. The first-order valence-corrected chi connectivity index (χ1v) is 11.3. The van der Waals surface area contributed by atoms with E-state index in [4.69, 9.17) is 0 Å². The van der Waals surface area contributed by atoms with E-state index in [1.165, 1.54) is 12.1 Å². The maximum atomic E-state index is 13.0. The van der Waals surface area contributed by atoms with Crippen molar-refractivity contribution in [2.45, 2.75) is 38.1 Å². The molecular formula is C26H29FN4O. The number of aromatic nitrogens is 2. The largest absolute Gasteiger partial charge is 0.352 e. The van der Waals surface area contributed by atoms with Crippen LogP contribution in [0.15, 0.2) is 67.0 Å². The maximum Gasteiger partial charge on any atom is 0.252 e. The van der Waals surface area contributed by atoms with Gasteiger partial charge in [0.15, 0.2) is 0 Å². The van der Waals surface area contributed by atoms with Crippen LogP contribution in [0, 0.1) is 5.82 Å². The minimum atomic E-state index is -0.230. The molecule has 0 unspecified atom stereocenters. The summed E-state index contributed by atoms with van der Waals surface area (Å²) in [6.45, 7) is 3.46. The number of nitrogens with one attached hydrogen (secondary N) is 1. The Bertz CT molecular complexity index is 993. The molecule has 1 saturated heterocycles. The normalized spacial score (nSPS) is 16.6. The number of hydrogen-bond acceptors (Lipinski definition) is 4. The Morgan fingerprint density at radius 1 is 1.09 bits per heavy atom. The van der Waals surface area contributed by atoms with Gasteiger partial charge in [-0.15, -0.1) is 0 Å². The first-order valence-electron chi connectivity index (χ1n) is 11.3. The van der Waals surface area contributed by atoms with Crippen LogP contribution in [0.1, 0.15) is 52.5 Å². The summed E-state index contributed by atoms with van der Waals surface area (Å²) in [5, 5.41) is 2.95. The number of likely N-dealkylation sites (tertiary alicyclic amines) is 1. The zero-order valence-electron chi connectivity index (χ0n) is 18.2. The number of carbonyl (C=O) groups is 1. The number of pyridine rings is 2. The summed E-state index contributed by atoms with van der Waals surface area (Å²) in [6.07, 6.45) is 7.37. The smallest absolute Gasteiger partial charge is 0.252 e. The van der Waals surface area contributed by atoms with Crippen LogP contribution >= 0.6 is 0 Å². The van der Waals surface area contributed by atoms with Gasteiger partial charge in [-0.05, 0) is 74.2 Å². The number of benzene rings is 1. The molecule has 0 spiro atoms. The highest BCUT2D eigenvalue weighted by Crippen LogP contribution is 2.26. The van der Waals surface area contributed by atoms with Gasteiger partial charge < -0.3 is 5.32 Å². The summed E-state index contributed by atoms with van der Waals surface area (Å²) in [5.41, 5.74) is 3.78.